The normalized spacial score (nSPS) is 19.0. The fourth-order valence-corrected chi connectivity index (χ4v) is 9.20. The van der Waals surface area contributed by atoms with E-state index in [1.807, 2.05) is 6.07 Å². The van der Waals surface area contributed by atoms with Gasteiger partial charge in [0.15, 0.2) is 18.2 Å². The summed E-state index contributed by atoms with van der Waals surface area (Å²) in [6, 6.07) is 12.2. The molecule has 0 aliphatic heterocycles. The van der Waals surface area contributed by atoms with Crippen LogP contribution in [0.4, 0.5) is 0 Å². The van der Waals surface area contributed by atoms with Crippen LogP contribution >= 0.6 is 0 Å². The summed E-state index contributed by atoms with van der Waals surface area (Å²) >= 11 is 0. The second-order valence-corrected chi connectivity index (χ2v) is 14.3. The summed E-state index contributed by atoms with van der Waals surface area (Å²) < 4.78 is 32.7. The molecule has 0 bridgehead atoms. The molecular weight excluding hydrogens is 348 g/mol. The van der Waals surface area contributed by atoms with E-state index >= 15 is 0 Å². The zero-order valence-corrected chi connectivity index (χ0v) is 18.1. The number of rotatable bonds is 9. The van der Waals surface area contributed by atoms with E-state index in [9.17, 15) is 8.42 Å². The average Bonchev–Trinajstić information content (AvgIpc) is 3.10. The van der Waals surface area contributed by atoms with E-state index in [1.54, 1.807) is 24.3 Å². The molecule has 0 amide bonds. The minimum atomic E-state index is -3.28. The van der Waals surface area contributed by atoms with E-state index < -0.39 is 18.2 Å². The number of hydrogen-bond acceptors (Lipinski definition) is 3. The predicted molar refractivity (Wildman–Crippen MR) is 107 cm³/mol. The summed E-state index contributed by atoms with van der Waals surface area (Å²) in [5.74, 6) is 0.204. The Hall–Kier alpha value is -0.653. The molecule has 25 heavy (non-hydrogen) atoms. The summed E-state index contributed by atoms with van der Waals surface area (Å²) in [5, 5.41) is 0. The first kappa shape index (κ1) is 20.7. The fourth-order valence-electron chi connectivity index (χ4n) is 4.27. The first-order valence-corrected chi connectivity index (χ1v) is 14.0. The molecular formula is C20H34O3SSi. The first-order chi connectivity index (χ1) is 11.8. The van der Waals surface area contributed by atoms with Crippen molar-refractivity contribution in [1.82, 2.24) is 0 Å². The molecule has 1 atom stereocenters. The zero-order chi connectivity index (χ0) is 18.6. The van der Waals surface area contributed by atoms with Gasteiger partial charge in [0.25, 0.3) is 0 Å². The van der Waals surface area contributed by atoms with Gasteiger partial charge in [0.2, 0.25) is 0 Å². The minimum Gasteiger partial charge on any atom is -0.411 e. The molecule has 0 N–H and O–H groups in total. The highest BCUT2D eigenvalue weighted by molar-refractivity contribution is 7.91. The Morgan fingerprint density at radius 2 is 1.56 bits per heavy atom. The largest absolute Gasteiger partial charge is 0.411 e. The lowest BCUT2D eigenvalue weighted by Gasteiger charge is -2.44. The number of sulfone groups is 1. The van der Waals surface area contributed by atoms with Crippen LogP contribution in [0.1, 0.15) is 53.4 Å². The Bertz CT molecular complexity index is 624. The lowest BCUT2D eigenvalue weighted by atomic mass is 9.89. The van der Waals surface area contributed by atoms with Gasteiger partial charge in [0.05, 0.1) is 16.2 Å². The monoisotopic (exact) mass is 382 g/mol. The Balaban J connectivity index is 2.25. The van der Waals surface area contributed by atoms with Crippen molar-refractivity contribution in [2.45, 2.75) is 82.0 Å². The van der Waals surface area contributed by atoms with Crippen LogP contribution in [0, 0.1) is 5.92 Å². The molecule has 1 aliphatic rings. The maximum absolute atomic E-state index is 12.9. The van der Waals surface area contributed by atoms with Crippen LogP contribution < -0.4 is 0 Å². The van der Waals surface area contributed by atoms with Crippen LogP contribution in [0.5, 0.6) is 0 Å². The molecule has 0 radical (unpaired) electrons. The smallest absolute Gasteiger partial charge is 0.192 e. The molecule has 1 aromatic rings. The van der Waals surface area contributed by atoms with Crippen molar-refractivity contribution < 1.29 is 12.8 Å². The van der Waals surface area contributed by atoms with Crippen LogP contribution in [0.3, 0.4) is 0 Å². The van der Waals surface area contributed by atoms with E-state index in [-0.39, 0.29) is 17.3 Å². The van der Waals surface area contributed by atoms with Crippen LogP contribution in [0.15, 0.2) is 35.2 Å². The molecule has 1 unspecified atom stereocenters. The second kappa shape index (κ2) is 8.36. The molecule has 1 aliphatic carbocycles. The maximum atomic E-state index is 12.9. The lowest BCUT2D eigenvalue weighted by Crippen LogP contribution is -2.50. The Kier molecular flexibility index (Phi) is 6.91. The van der Waals surface area contributed by atoms with Gasteiger partial charge in [0.1, 0.15) is 0 Å². The van der Waals surface area contributed by atoms with Crippen molar-refractivity contribution >= 4 is 18.2 Å². The highest BCUT2D eigenvalue weighted by Crippen LogP contribution is 2.44. The summed E-state index contributed by atoms with van der Waals surface area (Å²) in [7, 11) is -5.04. The van der Waals surface area contributed by atoms with E-state index in [2.05, 4.69) is 27.7 Å². The third-order valence-corrected chi connectivity index (χ3v) is 12.9. The molecule has 0 spiro atoms. The molecule has 1 saturated carbocycles. The van der Waals surface area contributed by atoms with Crippen LogP contribution in [-0.4, -0.2) is 28.1 Å². The SMILES string of the molecule is CC[Si](CC)(CC)OC1(C(C)CS(=O)(=O)c2ccccc2)CCCC1. The zero-order valence-electron chi connectivity index (χ0n) is 16.3. The molecule has 2 rings (SSSR count). The lowest BCUT2D eigenvalue weighted by molar-refractivity contribution is 0.0183. The van der Waals surface area contributed by atoms with Gasteiger partial charge in [-0.1, -0.05) is 58.7 Å². The predicted octanol–water partition coefficient (Wildman–Crippen LogP) is 5.43. The van der Waals surface area contributed by atoms with E-state index in [0.29, 0.717) is 4.90 Å². The van der Waals surface area contributed by atoms with Gasteiger partial charge >= 0.3 is 0 Å². The molecule has 0 aromatic heterocycles. The fraction of sp³-hybridized carbons (Fsp3) is 0.700. The van der Waals surface area contributed by atoms with Gasteiger partial charge < -0.3 is 4.43 Å². The van der Waals surface area contributed by atoms with E-state index in [0.717, 1.165) is 43.8 Å². The Morgan fingerprint density at radius 3 is 2.04 bits per heavy atom. The molecule has 0 heterocycles. The highest BCUT2D eigenvalue weighted by Gasteiger charge is 2.47. The van der Waals surface area contributed by atoms with Gasteiger partial charge in [-0.05, 0) is 49.0 Å². The molecule has 3 nitrogen and oxygen atoms in total. The van der Waals surface area contributed by atoms with Crippen molar-refractivity contribution in [2.75, 3.05) is 5.75 Å². The first-order valence-electron chi connectivity index (χ1n) is 9.81. The number of benzene rings is 1. The highest BCUT2D eigenvalue weighted by atomic mass is 32.2. The standard InChI is InChI=1S/C20H34O3SSi/c1-5-25(6-2,7-3)23-20(15-11-12-16-20)18(4)17-24(21,22)19-13-9-8-10-14-19/h8-10,13-14,18H,5-7,11-12,15-17H2,1-4H3. The summed E-state index contributed by atoms with van der Waals surface area (Å²) in [6.45, 7) is 8.82. The van der Waals surface area contributed by atoms with Gasteiger partial charge in [-0.25, -0.2) is 8.42 Å². The molecule has 0 saturated heterocycles. The van der Waals surface area contributed by atoms with Gasteiger partial charge in [-0.2, -0.15) is 0 Å². The molecule has 1 aromatic carbocycles. The van der Waals surface area contributed by atoms with Crippen molar-refractivity contribution in [3.8, 4) is 0 Å². The third kappa shape index (κ3) is 4.55. The Morgan fingerprint density at radius 1 is 1.04 bits per heavy atom. The van der Waals surface area contributed by atoms with Gasteiger partial charge in [0, 0.05) is 0 Å². The van der Waals surface area contributed by atoms with Gasteiger partial charge in [-0.15, -0.1) is 0 Å². The molecule has 1 fully saturated rings. The molecule has 142 valence electrons. The van der Waals surface area contributed by atoms with Crippen molar-refractivity contribution in [1.29, 1.82) is 0 Å². The number of hydrogen-bond donors (Lipinski definition) is 0. The van der Waals surface area contributed by atoms with E-state index in [4.69, 9.17) is 4.43 Å². The second-order valence-electron chi connectivity index (χ2n) is 7.61. The van der Waals surface area contributed by atoms with Crippen molar-refractivity contribution in [2.24, 2.45) is 5.92 Å². The summed E-state index contributed by atoms with van der Waals surface area (Å²) in [5.41, 5.74) is -0.240. The topological polar surface area (TPSA) is 43.4 Å². The average molecular weight is 383 g/mol. The quantitative estimate of drug-likeness (QED) is 0.535. The van der Waals surface area contributed by atoms with Crippen molar-refractivity contribution in [3.63, 3.8) is 0 Å². The van der Waals surface area contributed by atoms with Crippen LogP contribution in [0.25, 0.3) is 0 Å². The van der Waals surface area contributed by atoms with E-state index in [1.165, 1.54) is 0 Å². The maximum Gasteiger partial charge on any atom is 0.192 e. The van der Waals surface area contributed by atoms with Gasteiger partial charge in [-0.3, -0.25) is 0 Å². The van der Waals surface area contributed by atoms with Crippen LogP contribution in [-0.2, 0) is 14.3 Å². The minimum absolute atomic E-state index is 0.0248. The van der Waals surface area contributed by atoms with Crippen LogP contribution in [0.2, 0.25) is 18.1 Å². The molecule has 5 heteroatoms. The Labute approximate surface area is 155 Å². The van der Waals surface area contributed by atoms with Crippen molar-refractivity contribution in [3.05, 3.63) is 30.3 Å². The third-order valence-electron chi connectivity index (χ3n) is 6.27. The summed E-state index contributed by atoms with van der Waals surface area (Å²) in [4.78, 5) is 0.431. The summed E-state index contributed by atoms with van der Waals surface area (Å²) in [6.07, 6.45) is 4.31.